The second-order valence-electron chi connectivity index (χ2n) is 2.86. The molecular weight excluding hydrogens is 112 g/mol. The van der Waals surface area contributed by atoms with Gasteiger partial charge in [0.1, 0.15) is 6.29 Å². The normalized spacial score (nSPS) is 11.0. The number of allylic oxidation sites excluding steroid dienone is 2. The Bertz CT molecular complexity index is 95.6. The highest BCUT2D eigenvalue weighted by atomic mass is 16.1. The second-order valence-corrected chi connectivity index (χ2v) is 2.86. The van der Waals surface area contributed by atoms with Crippen molar-refractivity contribution in [2.45, 2.75) is 28.2 Å². The van der Waals surface area contributed by atoms with Crippen LogP contribution in [0.5, 0.6) is 0 Å². The summed E-state index contributed by atoms with van der Waals surface area (Å²) in [6, 6.07) is 0. The van der Waals surface area contributed by atoms with E-state index in [-0.39, 0.29) is 12.8 Å². The molecule has 0 rings (SSSR count). The molecule has 0 aliphatic heterocycles. The summed E-state index contributed by atoms with van der Waals surface area (Å²) < 4.78 is 0. The van der Waals surface area contributed by atoms with Crippen LogP contribution < -0.4 is 0 Å². The molecule has 0 unspecified atom stereocenters. The Morgan fingerprint density at radius 3 is 1.78 bits per heavy atom. The average molecular weight is 128 g/mol. The van der Waals surface area contributed by atoms with Gasteiger partial charge in [0.25, 0.3) is 0 Å². The van der Waals surface area contributed by atoms with Gasteiger partial charge in [0.05, 0.1) is 0 Å². The van der Waals surface area contributed by atoms with Crippen LogP contribution in [0.25, 0.3) is 0 Å². The van der Waals surface area contributed by atoms with E-state index in [1.54, 1.807) is 0 Å². The fourth-order valence-corrected chi connectivity index (χ4v) is 0.328. The molecule has 0 aliphatic rings. The molecule has 0 N–H and O–H groups in total. The zero-order chi connectivity index (χ0) is 6.62. The maximum absolute atomic E-state index is 9.76. The molecule has 0 aromatic heterocycles. The first-order valence-corrected chi connectivity index (χ1v) is 2.69. The van der Waals surface area contributed by atoms with Crippen LogP contribution in [0.2, 0.25) is 0 Å². The van der Waals surface area contributed by atoms with Gasteiger partial charge in [-0.1, -0.05) is 34.3 Å². The van der Waals surface area contributed by atoms with Crippen LogP contribution in [0.4, 0.5) is 0 Å². The Hall–Kier alpha value is -0.590. The SMILES string of the molecule is C.CC(C)(C)/C=C\C=O. The Labute approximate surface area is 57.8 Å². The minimum Gasteiger partial charge on any atom is -0.299 e. The number of hydrogen-bond donors (Lipinski definition) is 0. The standard InChI is InChI=1S/C7H12O.CH4/c1-7(2,3)5-4-6-8;/h4-6H,1-3H3;1H4/b5-4-;. The smallest absolute Gasteiger partial charge is 0.142 e. The Kier molecular flexibility index (Phi) is 5.38. The maximum atomic E-state index is 9.76. The summed E-state index contributed by atoms with van der Waals surface area (Å²) in [6.45, 7) is 6.15. The van der Waals surface area contributed by atoms with Crippen molar-refractivity contribution >= 4 is 6.29 Å². The molecule has 0 amide bonds. The van der Waals surface area contributed by atoms with Crippen molar-refractivity contribution in [3.8, 4) is 0 Å². The Morgan fingerprint density at radius 2 is 1.67 bits per heavy atom. The van der Waals surface area contributed by atoms with Crippen LogP contribution in [0, 0.1) is 5.41 Å². The number of aldehydes is 1. The van der Waals surface area contributed by atoms with Gasteiger partial charge in [-0.2, -0.15) is 0 Å². The maximum Gasteiger partial charge on any atom is 0.142 e. The quantitative estimate of drug-likeness (QED) is 0.391. The molecule has 1 nitrogen and oxygen atoms in total. The first-order chi connectivity index (χ1) is 3.56. The van der Waals surface area contributed by atoms with Gasteiger partial charge in [-0.15, -0.1) is 0 Å². The minimum absolute atomic E-state index is 0. The van der Waals surface area contributed by atoms with Crippen molar-refractivity contribution in [3.63, 3.8) is 0 Å². The van der Waals surface area contributed by atoms with E-state index in [1.165, 1.54) is 6.08 Å². The third-order valence-electron chi connectivity index (χ3n) is 0.675. The summed E-state index contributed by atoms with van der Waals surface area (Å²) in [7, 11) is 0. The van der Waals surface area contributed by atoms with Gasteiger partial charge >= 0.3 is 0 Å². The number of carbonyl (C=O) groups is 1. The van der Waals surface area contributed by atoms with Gasteiger partial charge in [0.2, 0.25) is 0 Å². The third-order valence-corrected chi connectivity index (χ3v) is 0.675. The summed E-state index contributed by atoms with van der Waals surface area (Å²) in [5, 5.41) is 0. The molecule has 0 saturated carbocycles. The first kappa shape index (κ1) is 11.2. The molecule has 0 bridgehead atoms. The van der Waals surface area contributed by atoms with E-state index in [0.29, 0.717) is 0 Å². The fraction of sp³-hybridized carbons (Fsp3) is 0.625. The van der Waals surface area contributed by atoms with Crippen LogP contribution in [0.3, 0.4) is 0 Å². The molecule has 0 radical (unpaired) electrons. The van der Waals surface area contributed by atoms with Gasteiger partial charge in [-0.25, -0.2) is 0 Å². The lowest BCUT2D eigenvalue weighted by molar-refractivity contribution is -0.104. The predicted molar refractivity (Wildman–Crippen MR) is 41.4 cm³/mol. The minimum atomic E-state index is 0. The summed E-state index contributed by atoms with van der Waals surface area (Å²) in [5.74, 6) is 0. The second kappa shape index (κ2) is 4.30. The van der Waals surface area contributed by atoms with Gasteiger partial charge in [0.15, 0.2) is 0 Å². The van der Waals surface area contributed by atoms with Crippen molar-refractivity contribution in [3.05, 3.63) is 12.2 Å². The molecule has 0 aliphatic carbocycles. The fourth-order valence-electron chi connectivity index (χ4n) is 0.328. The van der Waals surface area contributed by atoms with E-state index in [1.807, 2.05) is 26.8 Å². The highest BCUT2D eigenvalue weighted by molar-refractivity contribution is 5.64. The Morgan fingerprint density at radius 1 is 1.22 bits per heavy atom. The van der Waals surface area contributed by atoms with Crippen LogP contribution in [-0.4, -0.2) is 6.29 Å². The molecule has 9 heavy (non-hydrogen) atoms. The third kappa shape index (κ3) is 11.2. The summed E-state index contributed by atoms with van der Waals surface area (Å²) in [5.41, 5.74) is 0.140. The van der Waals surface area contributed by atoms with E-state index < -0.39 is 0 Å². The lowest BCUT2D eigenvalue weighted by Crippen LogP contribution is -1.97. The molecule has 54 valence electrons. The van der Waals surface area contributed by atoms with Crippen LogP contribution in [-0.2, 0) is 4.79 Å². The number of hydrogen-bond acceptors (Lipinski definition) is 1. The predicted octanol–water partition coefficient (Wildman–Crippen LogP) is 2.42. The van der Waals surface area contributed by atoms with E-state index >= 15 is 0 Å². The zero-order valence-corrected chi connectivity index (χ0v) is 5.64. The molecule has 0 spiro atoms. The van der Waals surface area contributed by atoms with Crippen molar-refractivity contribution in [2.24, 2.45) is 5.41 Å². The van der Waals surface area contributed by atoms with E-state index in [0.717, 1.165) is 6.29 Å². The molecule has 1 heteroatoms. The Balaban J connectivity index is 0. The lowest BCUT2D eigenvalue weighted by atomic mass is 9.97. The van der Waals surface area contributed by atoms with Crippen LogP contribution >= 0.6 is 0 Å². The molecule has 0 saturated heterocycles. The molecule has 0 fully saturated rings. The van der Waals surface area contributed by atoms with E-state index in [2.05, 4.69) is 0 Å². The molecule has 0 aromatic carbocycles. The largest absolute Gasteiger partial charge is 0.299 e. The highest BCUT2D eigenvalue weighted by Crippen LogP contribution is 2.13. The van der Waals surface area contributed by atoms with Crippen LogP contribution in [0.15, 0.2) is 12.2 Å². The van der Waals surface area contributed by atoms with Crippen molar-refractivity contribution in [1.82, 2.24) is 0 Å². The highest BCUT2D eigenvalue weighted by Gasteiger charge is 2.01. The van der Waals surface area contributed by atoms with E-state index in [4.69, 9.17) is 0 Å². The monoisotopic (exact) mass is 128 g/mol. The van der Waals surface area contributed by atoms with Gasteiger partial charge in [0, 0.05) is 0 Å². The van der Waals surface area contributed by atoms with Crippen molar-refractivity contribution in [1.29, 1.82) is 0 Å². The van der Waals surface area contributed by atoms with Gasteiger partial charge in [-0.05, 0) is 11.5 Å². The summed E-state index contributed by atoms with van der Waals surface area (Å²) in [4.78, 5) is 9.76. The van der Waals surface area contributed by atoms with E-state index in [9.17, 15) is 4.79 Å². The molecule has 0 heterocycles. The van der Waals surface area contributed by atoms with Gasteiger partial charge in [-0.3, -0.25) is 4.79 Å². The lowest BCUT2D eigenvalue weighted by Gasteiger charge is -2.09. The molecule has 0 aromatic rings. The first-order valence-electron chi connectivity index (χ1n) is 2.69. The van der Waals surface area contributed by atoms with Crippen molar-refractivity contribution in [2.75, 3.05) is 0 Å². The van der Waals surface area contributed by atoms with Crippen LogP contribution in [0.1, 0.15) is 28.2 Å². The number of carbonyl (C=O) groups excluding carboxylic acids is 1. The van der Waals surface area contributed by atoms with Crippen molar-refractivity contribution < 1.29 is 4.79 Å². The van der Waals surface area contributed by atoms with Gasteiger partial charge < -0.3 is 0 Å². The zero-order valence-electron chi connectivity index (χ0n) is 5.64. The summed E-state index contributed by atoms with van der Waals surface area (Å²) in [6.07, 6.45) is 4.20. The molecule has 0 atom stereocenters. The topological polar surface area (TPSA) is 17.1 Å². The average Bonchev–Trinajstić information content (AvgIpc) is 1.59. The summed E-state index contributed by atoms with van der Waals surface area (Å²) >= 11 is 0. The molecular formula is C8H16O. The number of rotatable bonds is 1.